The molecule has 1 heterocycles. The minimum Gasteiger partial charge on any atom is -0.491 e. The zero-order valence-electron chi connectivity index (χ0n) is 9.56. The van der Waals surface area contributed by atoms with Gasteiger partial charge in [0, 0.05) is 6.04 Å². The van der Waals surface area contributed by atoms with Crippen molar-refractivity contribution >= 4 is 6.29 Å². The molecule has 3 nitrogen and oxygen atoms in total. The van der Waals surface area contributed by atoms with Crippen LogP contribution in [0.15, 0.2) is 24.3 Å². The first-order valence-electron chi connectivity index (χ1n) is 5.68. The molecule has 0 spiro atoms. The van der Waals surface area contributed by atoms with Crippen LogP contribution >= 0.6 is 0 Å². The Morgan fingerprint density at radius 1 is 1.50 bits per heavy atom. The van der Waals surface area contributed by atoms with Crippen molar-refractivity contribution in [1.29, 1.82) is 0 Å². The number of likely N-dealkylation sites (N-methyl/N-ethyl adjacent to an activating group) is 1. The van der Waals surface area contributed by atoms with Crippen molar-refractivity contribution in [3.8, 4) is 5.75 Å². The topological polar surface area (TPSA) is 29.5 Å². The Bertz CT molecular complexity index is 365. The summed E-state index contributed by atoms with van der Waals surface area (Å²) in [5.41, 5.74) is 0.628. The summed E-state index contributed by atoms with van der Waals surface area (Å²) in [6.45, 7) is 1.81. The molecule has 1 fully saturated rings. The van der Waals surface area contributed by atoms with Crippen LogP contribution in [-0.2, 0) is 0 Å². The summed E-state index contributed by atoms with van der Waals surface area (Å²) in [5, 5.41) is 0. The third-order valence-corrected chi connectivity index (χ3v) is 3.15. The molecule has 16 heavy (non-hydrogen) atoms. The van der Waals surface area contributed by atoms with Crippen LogP contribution in [0.4, 0.5) is 0 Å². The Hall–Kier alpha value is -1.35. The van der Waals surface area contributed by atoms with E-state index in [2.05, 4.69) is 11.9 Å². The number of para-hydroxylation sites is 1. The van der Waals surface area contributed by atoms with Gasteiger partial charge in [-0.1, -0.05) is 12.1 Å². The molecule has 0 saturated carbocycles. The quantitative estimate of drug-likeness (QED) is 0.725. The minimum absolute atomic E-state index is 0.486. The van der Waals surface area contributed by atoms with Gasteiger partial charge in [-0.15, -0.1) is 0 Å². The van der Waals surface area contributed by atoms with Gasteiger partial charge in [-0.3, -0.25) is 4.79 Å². The number of aldehydes is 1. The van der Waals surface area contributed by atoms with Crippen molar-refractivity contribution in [1.82, 2.24) is 4.90 Å². The summed E-state index contributed by atoms with van der Waals surface area (Å²) in [5.74, 6) is 0.692. The Morgan fingerprint density at radius 3 is 3.00 bits per heavy atom. The fourth-order valence-electron chi connectivity index (χ4n) is 2.09. The molecule has 1 saturated heterocycles. The monoisotopic (exact) mass is 219 g/mol. The highest BCUT2D eigenvalue weighted by atomic mass is 16.5. The molecule has 1 aliphatic rings. The highest BCUT2D eigenvalue weighted by molar-refractivity contribution is 5.79. The van der Waals surface area contributed by atoms with Crippen LogP contribution in [0.5, 0.6) is 5.75 Å². The maximum absolute atomic E-state index is 10.8. The van der Waals surface area contributed by atoms with E-state index in [-0.39, 0.29) is 0 Å². The second-order valence-corrected chi connectivity index (χ2v) is 4.24. The predicted octanol–water partition coefficient (Wildman–Crippen LogP) is 1.97. The maximum Gasteiger partial charge on any atom is 0.153 e. The van der Waals surface area contributed by atoms with E-state index in [1.165, 1.54) is 12.8 Å². The molecule has 2 rings (SSSR count). The van der Waals surface area contributed by atoms with E-state index >= 15 is 0 Å². The molecule has 3 heteroatoms. The number of carbonyl (C=O) groups is 1. The molecule has 0 N–H and O–H groups in total. The van der Waals surface area contributed by atoms with E-state index in [0.717, 1.165) is 12.8 Å². The second kappa shape index (κ2) is 5.12. The Labute approximate surface area is 96.0 Å². The summed E-state index contributed by atoms with van der Waals surface area (Å²) >= 11 is 0. The van der Waals surface area contributed by atoms with E-state index < -0.39 is 0 Å². The normalized spacial score (nSPS) is 20.9. The molecule has 0 aliphatic carbocycles. The smallest absolute Gasteiger partial charge is 0.153 e. The van der Waals surface area contributed by atoms with Gasteiger partial charge in [0.2, 0.25) is 0 Å². The number of carbonyl (C=O) groups excluding carboxylic acids is 1. The Morgan fingerprint density at radius 2 is 2.31 bits per heavy atom. The lowest BCUT2D eigenvalue weighted by molar-refractivity contribution is 0.111. The van der Waals surface area contributed by atoms with Crippen molar-refractivity contribution in [3.05, 3.63) is 29.8 Å². The minimum atomic E-state index is 0.486. The van der Waals surface area contributed by atoms with Gasteiger partial charge in [0.25, 0.3) is 0 Å². The van der Waals surface area contributed by atoms with Crippen LogP contribution in [0.25, 0.3) is 0 Å². The molecule has 0 aromatic heterocycles. The second-order valence-electron chi connectivity index (χ2n) is 4.24. The predicted molar refractivity (Wildman–Crippen MR) is 63.0 cm³/mol. The Kier molecular flexibility index (Phi) is 3.57. The number of hydrogen-bond acceptors (Lipinski definition) is 3. The van der Waals surface area contributed by atoms with E-state index in [0.29, 0.717) is 24.0 Å². The van der Waals surface area contributed by atoms with Crippen LogP contribution in [0.3, 0.4) is 0 Å². The van der Waals surface area contributed by atoms with Gasteiger partial charge < -0.3 is 9.64 Å². The average Bonchev–Trinajstić information content (AvgIpc) is 2.72. The number of hydrogen-bond donors (Lipinski definition) is 0. The van der Waals surface area contributed by atoms with Crippen LogP contribution < -0.4 is 4.74 Å². The van der Waals surface area contributed by atoms with Gasteiger partial charge in [0.1, 0.15) is 12.4 Å². The van der Waals surface area contributed by atoms with Gasteiger partial charge in [-0.25, -0.2) is 0 Å². The zero-order valence-corrected chi connectivity index (χ0v) is 9.56. The fourth-order valence-corrected chi connectivity index (χ4v) is 2.09. The zero-order chi connectivity index (χ0) is 11.4. The number of likely N-dealkylation sites (tertiary alicyclic amines) is 1. The first-order valence-corrected chi connectivity index (χ1v) is 5.68. The van der Waals surface area contributed by atoms with Crippen LogP contribution in [0.2, 0.25) is 0 Å². The standard InChI is InChI=1S/C13H17NO2/c1-14-8-4-6-12(14)10-16-13-7-3-2-5-11(13)9-15/h2-3,5,7,9,12H,4,6,8,10H2,1H3. The van der Waals surface area contributed by atoms with Crippen molar-refractivity contribution in [2.24, 2.45) is 0 Å². The van der Waals surface area contributed by atoms with E-state index in [9.17, 15) is 4.79 Å². The van der Waals surface area contributed by atoms with Crippen molar-refractivity contribution in [3.63, 3.8) is 0 Å². The molecule has 1 atom stereocenters. The lowest BCUT2D eigenvalue weighted by Gasteiger charge is -2.20. The molecule has 86 valence electrons. The van der Waals surface area contributed by atoms with Crippen LogP contribution in [0.1, 0.15) is 23.2 Å². The van der Waals surface area contributed by atoms with Crippen LogP contribution in [0, 0.1) is 0 Å². The average molecular weight is 219 g/mol. The molecular weight excluding hydrogens is 202 g/mol. The maximum atomic E-state index is 10.8. The van der Waals surface area contributed by atoms with Crippen molar-refractivity contribution in [2.45, 2.75) is 18.9 Å². The fraction of sp³-hybridized carbons (Fsp3) is 0.462. The first-order chi connectivity index (χ1) is 7.81. The number of ether oxygens (including phenoxy) is 1. The van der Waals surface area contributed by atoms with Gasteiger partial charge >= 0.3 is 0 Å². The first kappa shape index (κ1) is 11.1. The molecule has 1 aromatic carbocycles. The van der Waals surface area contributed by atoms with Crippen molar-refractivity contribution in [2.75, 3.05) is 20.2 Å². The lowest BCUT2D eigenvalue weighted by atomic mass is 10.2. The van der Waals surface area contributed by atoms with Crippen LogP contribution in [-0.4, -0.2) is 37.4 Å². The van der Waals surface area contributed by atoms with E-state index in [1.807, 2.05) is 18.2 Å². The molecule has 0 amide bonds. The van der Waals surface area contributed by atoms with Gasteiger partial charge in [0.15, 0.2) is 6.29 Å². The summed E-state index contributed by atoms with van der Waals surface area (Å²) in [7, 11) is 2.12. The SMILES string of the molecule is CN1CCCC1COc1ccccc1C=O. The highest BCUT2D eigenvalue weighted by Crippen LogP contribution is 2.19. The highest BCUT2D eigenvalue weighted by Gasteiger charge is 2.21. The lowest BCUT2D eigenvalue weighted by Crippen LogP contribution is -2.30. The number of rotatable bonds is 4. The summed E-state index contributed by atoms with van der Waals surface area (Å²) in [4.78, 5) is 13.1. The molecule has 0 radical (unpaired) electrons. The summed E-state index contributed by atoms with van der Waals surface area (Å²) in [6, 6.07) is 7.85. The van der Waals surface area contributed by atoms with E-state index in [1.54, 1.807) is 6.07 Å². The third-order valence-electron chi connectivity index (χ3n) is 3.15. The molecular formula is C13H17NO2. The van der Waals surface area contributed by atoms with Gasteiger partial charge in [0.05, 0.1) is 5.56 Å². The summed E-state index contributed by atoms with van der Waals surface area (Å²) in [6.07, 6.45) is 3.26. The Balaban J connectivity index is 1.96. The largest absolute Gasteiger partial charge is 0.491 e. The van der Waals surface area contributed by atoms with E-state index in [4.69, 9.17) is 4.74 Å². The van der Waals surface area contributed by atoms with Gasteiger partial charge in [-0.2, -0.15) is 0 Å². The molecule has 1 unspecified atom stereocenters. The number of nitrogens with zero attached hydrogens (tertiary/aromatic N) is 1. The summed E-state index contributed by atoms with van der Waals surface area (Å²) < 4.78 is 5.71. The van der Waals surface area contributed by atoms with Gasteiger partial charge in [-0.05, 0) is 38.6 Å². The molecule has 1 aromatic rings. The molecule has 1 aliphatic heterocycles. The van der Waals surface area contributed by atoms with Crippen molar-refractivity contribution < 1.29 is 9.53 Å². The third kappa shape index (κ3) is 2.42. The number of benzene rings is 1. The molecule has 0 bridgehead atoms.